The first-order valence-corrected chi connectivity index (χ1v) is 5.25. The quantitative estimate of drug-likeness (QED) is 0.671. The third-order valence-corrected chi connectivity index (χ3v) is 2.62. The van der Waals surface area contributed by atoms with Crippen molar-refractivity contribution < 1.29 is 0 Å². The van der Waals surface area contributed by atoms with Gasteiger partial charge in [0, 0.05) is 12.6 Å². The van der Waals surface area contributed by atoms with Gasteiger partial charge in [0.25, 0.3) is 0 Å². The van der Waals surface area contributed by atoms with Crippen molar-refractivity contribution in [2.45, 2.75) is 45.1 Å². The predicted molar refractivity (Wildman–Crippen MR) is 53.1 cm³/mol. The maximum Gasteiger partial charge on any atom is 0.0136 e. The summed E-state index contributed by atoms with van der Waals surface area (Å²) in [6, 6.07) is 0.300. The molecular weight excluding hydrogens is 148 g/mol. The lowest BCUT2D eigenvalue weighted by Gasteiger charge is -2.22. The van der Waals surface area contributed by atoms with Gasteiger partial charge >= 0.3 is 0 Å². The first-order chi connectivity index (χ1) is 5.79. The summed E-state index contributed by atoms with van der Waals surface area (Å²) >= 11 is 0. The standard InChI is InChI=1S/C10H22N2/c1-9(11)7-12-8-10-5-3-2-4-6-10/h9-10,12H,2-8,11H2,1H3. The third kappa shape index (κ3) is 4.07. The summed E-state index contributed by atoms with van der Waals surface area (Å²) in [5, 5.41) is 3.43. The molecule has 0 bridgehead atoms. The summed E-state index contributed by atoms with van der Waals surface area (Å²) in [5.41, 5.74) is 5.65. The second-order valence-electron chi connectivity index (χ2n) is 4.14. The monoisotopic (exact) mass is 170 g/mol. The lowest BCUT2D eigenvalue weighted by molar-refractivity contribution is 0.340. The molecule has 1 fully saturated rings. The van der Waals surface area contributed by atoms with Crippen molar-refractivity contribution in [3.05, 3.63) is 0 Å². The Balaban J connectivity index is 1.98. The highest BCUT2D eigenvalue weighted by Gasteiger charge is 2.12. The second-order valence-corrected chi connectivity index (χ2v) is 4.14. The van der Waals surface area contributed by atoms with Gasteiger partial charge in [-0.05, 0) is 32.2 Å². The fraction of sp³-hybridized carbons (Fsp3) is 1.00. The second kappa shape index (κ2) is 5.55. The lowest BCUT2D eigenvalue weighted by atomic mass is 9.89. The molecule has 1 unspecified atom stereocenters. The van der Waals surface area contributed by atoms with Gasteiger partial charge in [-0.25, -0.2) is 0 Å². The molecule has 12 heavy (non-hydrogen) atoms. The van der Waals surface area contributed by atoms with Crippen LogP contribution in [0.4, 0.5) is 0 Å². The Bertz CT molecular complexity index is 106. The fourth-order valence-electron chi connectivity index (χ4n) is 1.91. The zero-order chi connectivity index (χ0) is 8.81. The van der Waals surface area contributed by atoms with Crippen LogP contribution in [0.3, 0.4) is 0 Å². The fourth-order valence-corrected chi connectivity index (χ4v) is 1.91. The number of hydrogen-bond donors (Lipinski definition) is 2. The Kier molecular flexibility index (Phi) is 4.62. The van der Waals surface area contributed by atoms with Crippen LogP contribution >= 0.6 is 0 Å². The van der Waals surface area contributed by atoms with Gasteiger partial charge in [0.15, 0.2) is 0 Å². The molecule has 0 aromatic carbocycles. The van der Waals surface area contributed by atoms with Crippen LogP contribution in [0.5, 0.6) is 0 Å². The van der Waals surface area contributed by atoms with Crippen LogP contribution in [0.1, 0.15) is 39.0 Å². The van der Waals surface area contributed by atoms with E-state index in [9.17, 15) is 0 Å². The molecule has 0 aliphatic heterocycles. The highest BCUT2D eigenvalue weighted by molar-refractivity contribution is 4.69. The Hall–Kier alpha value is -0.0800. The van der Waals surface area contributed by atoms with Gasteiger partial charge in [-0.2, -0.15) is 0 Å². The predicted octanol–water partition coefficient (Wildman–Crippen LogP) is 1.50. The maximum absolute atomic E-state index is 5.65. The lowest BCUT2D eigenvalue weighted by Crippen LogP contribution is -2.34. The molecule has 0 aromatic rings. The molecule has 0 saturated heterocycles. The zero-order valence-electron chi connectivity index (χ0n) is 8.18. The van der Waals surface area contributed by atoms with Crippen molar-refractivity contribution in [2.75, 3.05) is 13.1 Å². The molecule has 0 amide bonds. The number of nitrogens with two attached hydrogens (primary N) is 1. The minimum atomic E-state index is 0.300. The molecule has 0 radical (unpaired) electrons. The molecule has 2 heteroatoms. The Morgan fingerprint density at radius 3 is 2.58 bits per heavy atom. The van der Waals surface area contributed by atoms with E-state index in [1.165, 1.54) is 38.6 Å². The van der Waals surface area contributed by atoms with E-state index < -0.39 is 0 Å². The van der Waals surface area contributed by atoms with Crippen LogP contribution in [0.2, 0.25) is 0 Å². The van der Waals surface area contributed by atoms with Crippen LogP contribution in [-0.2, 0) is 0 Å². The first kappa shape index (κ1) is 10.0. The number of rotatable bonds is 4. The van der Waals surface area contributed by atoms with E-state index in [-0.39, 0.29) is 0 Å². The molecule has 0 spiro atoms. The van der Waals surface area contributed by atoms with Gasteiger partial charge in [0.05, 0.1) is 0 Å². The van der Waals surface area contributed by atoms with Crippen LogP contribution in [-0.4, -0.2) is 19.1 Å². The molecule has 1 rings (SSSR count). The van der Waals surface area contributed by atoms with Gasteiger partial charge < -0.3 is 11.1 Å². The molecular formula is C10H22N2. The van der Waals surface area contributed by atoms with Crippen molar-refractivity contribution >= 4 is 0 Å². The van der Waals surface area contributed by atoms with Crippen LogP contribution < -0.4 is 11.1 Å². The molecule has 3 N–H and O–H groups in total. The highest BCUT2D eigenvalue weighted by atomic mass is 14.9. The molecule has 0 aromatic heterocycles. The Labute approximate surface area is 75.9 Å². The Morgan fingerprint density at radius 2 is 2.00 bits per heavy atom. The summed E-state index contributed by atoms with van der Waals surface area (Å²) in [6.45, 7) is 4.20. The smallest absolute Gasteiger partial charge is 0.0136 e. The molecule has 2 nitrogen and oxygen atoms in total. The largest absolute Gasteiger partial charge is 0.327 e. The van der Waals surface area contributed by atoms with Crippen molar-refractivity contribution in [1.82, 2.24) is 5.32 Å². The molecule has 1 aliphatic rings. The van der Waals surface area contributed by atoms with Gasteiger partial charge in [0.1, 0.15) is 0 Å². The number of nitrogens with one attached hydrogen (secondary N) is 1. The molecule has 1 atom stereocenters. The summed E-state index contributed by atoms with van der Waals surface area (Å²) in [7, 11) is 0. The van der Waals surface area contributed by atoms with Crippen molar-refractivity contribution in [3.63, 3.8) is 0 Å². The van der Waals surface area contributed by atoms with E-state index in [0.717, 1.165) is 12.5 Å². The van der Waals surface area contributed by atoms with Crippen LogP contribution in [0.15, 0.2) is 0 Å². The average molecular weight is 170 g/mol. The molecule has 1 aliphatic carbocycles. The van der Waals surface area contributed by atoms with Crippen molar-refractivity contribution in [3.8, 4) is 0 Å². The SMILES string of the molecule is CC(N)CNCC1CCCCC1. The van der Waals surface area contributed by atoms with Crippen LogP contribution in [0, 0.1) is 5.92 Å². The van der Waals surface area contributed by atoms with E-state index in [4.69, 9.17) is 5.73 Å². The molecule has 72 valence electrons. The van der Waals surface area contributed by atoms with Crippen LogP contribution in [0.25, 0.3) is 0 Å². The van der Waals surface area contributed by atoms with E-state index in [1.54, 1.807) is 0 Å². The average Bonchev–Trinajstić information content (AvgIpc) is 2.05. The van der Waals surface area contributed by atoms with Gasteiger partial charge in [-0.1, -0.05) is 19.3 Å². The summed E-state index contributed by atoms with van der Waals surface area (Å²) in [5.74, 6) is 0.928. The topological polar surface area (TPSA) is 38.0 Å². The number of hydrogen-bond acceptors (Lipinski definition) is 2. The normalized spacial score (nSPS) is 22.5. The Morgan fingerprint density at radius 1 is 1.33 bits per heavy atom. The summed E-state index contributed by atoms with van der Waals surface area (Å²) in [6.07, 6.45) is 7.16. The van der Waals surface area contributed by atoms with Crippen molar-refractivity contribution in [2.24, 2.45) is 11.7 Å². The zero-order valence-corrected chi connectivity index (χ0v) is 8.18. The van der Waals surface area contributed by atoms with E-state index in [2.05, 4.69) is 5.32 Å². The van der Waals surface area contributed by atoms with Crippen molar-refractivity contribution in [1.29, 1.82) is 0 Å². The minimum Gasteiger partial charge on any atom is -0.327 e. The maximum atomic E-state index is 5.65. The molecule has 1 saturated carbocycles. The molecule has 0 heterocycles. The van der Waals surface area contributed by atoms with E-state index >= 15 is 0 Å². The summed E-state index contributed by atoms with van der Waals surface area (Å²) in [4.78, 5) is 0. The van der Waals surface area contributed by atoms with Gasteiger partial charge in [-0.15, -0.1) is 0 Å². The van der Waals surface area contributed by atoms with Gasteiger partial charge in [-0.3, -0.25) is 0 Å². The van der Waals surface area contributed by atoms with Gasteiger partial charge in [0.2, 0.25) is 0 Å². The minimum absolute atomic E-state index is 0.300. The van der Waals surface area contributed by atoms with E-state index in [0.29, 0.717) is 6.04 Å². The first-order valence-electron chi connectivity index (χ1n) is 5.25. The third-order valence-electron chi connectivity index (χ3n) is 2.62. The summed E-state index contributed by atoms with van der Waals surface area (Å²) < 4.78 is 0. The highest BCUT2D eigenvalue weighted by Crippen LogP contribution is 2.22. The van der Waals surface area contributed by atoms with E-state index in [1.807, 2.05) is 6.92 Å².